The molecule has 0 rings (SSSR count). The number of aliphatic carboxylic acids is 1. The second-order valence-corrected chi connectivity index (χ2v) is 5.30. The van der Waals surface area contributed by atoms with Gasteiger partial charge in [0, 0.05) is 5.75 Å². The minimum atomic E-state index is -0.792. The Balaban J connectivity index is 4.25. The fraction of sp³-hybridized carbons (Fsp3) is 0.889. The Morgan fingerprint density at radius 2 is 2.08 bits per heavy atom. The molecule has 0 saturated carbocycles. The molecule has 0 amide bonds. The summed E-state index contributed by atoms with van der Waals surface area (Å²) in [5.74, 6) is 0.0437. The van der Waals surface area contributed by atoms with Crippen LogP contribution in [-0.2, 0) is 4.79 Å². The van der Waals surface area contributed by atoms with E-state index in [9.17, 15) is 4.79 Å². The molecule has 0 aliphatic heterocycles. The molecule has 0 fully saturated rings. The van der Waals surface area contributed by atoms with Gasteiger partial charge in [0.05, 0.1) is 6.61 Å². The Kier molecular flexibility index (Phi) is 5.40. The van der Waals surface area contributed by atoms with Gasteiger partial charge < -0.3 is 10.2 Å². The van der Waals surface area contributed by atoms with Gasteiger partial charge in [-0.3, -0.25) is 4.79 Å². The number of aliphatic hydroxyl groups excluding tert-OH is 1. The smallest absolute Gasteiger partial charge is 0.319 e. The zero-order valence-corrected chi connectivity index (χ0v) is 9.23. The Morgan fingerprint density at radius 3 is 2.38 bits per heavy atom. The largest absolute Gasteiger partial charge is 0.480 e. The zero-order chi connectivity index (χ0) is 10.5. The number of aliphatic hydroxyl groups is 1. The van der Waals surface area contributed by atoms with Gasteiger partial charge in [-0.1, -0.05) is 13.8 Å². The third-order valence-electron chi connectivity index (χ3n) is 1.76. The molecule has 1 atom stereocenters. The third kappa shape index (κ3) is 4.52. The predicted molar refractivity (Wildman–Crippen MR) is 55.0 cm³/mol. The molecular formula is C9H18O3S. The van der Waals surface area contributed by atoms with Gasteiger partial charge in [-0.25, -0.2) is 0 Å². The summed E-state index contributed by atoms with van der Waals surface area (Å²) in [4.78, 5) is 11.0. The summed E-state index contributed by atoms with van der Waals surface area (Å²) in [5, 5.41) is 17.6. The van der Waals surface area contributed by atoms with E-state index in [0.717, 1.165) is 0 Å². The molecule has 0 aliphatic rings. The molecule has 1 unspecified atom stereocenters. The van der Waals surface area contributed by atoms with E-state index in [1.165, 1.54) is 11.8 Å². The molecule has 0 saturated heterocycles. The van der Waals surface area contributed by atoms with Crippen molar-refractivity contribution in [1.82, 2.24) is 0 Å². The Bertz CT molecular complexity index is 170. The number of carbonyl (C=O) groups is 1. The number of carboxylic acid groups (broad SMARTS) is 1. The van der Waals surface area contributed by atoms with Crippen molar-refractivity contribution in [2.45, 2.75) is 31.9 Å². The fourth-order valence-corrected chi connectivity index (χ4v) is 2.37. The first-order valence-electron chi connectivity index (χ1n) is 4.40. The van der Waals surface area contributed by atoms with Crippen LogP contribution < -0.4 is 0 Å². The Labute approximate surface area is 83.5 Å². The Morgan fingerprint density at radius 1 is 1.54 bits per heavy atom. The average Bonchev–Trinajstić information content (AvgIpc) is 1.99. The molecule has 2 N–H and O–H groups in total. The van der Waals surface area contributed by atoms with Crippen LogP contribution in [0.15, 0.2) is 0 Å². The van der Waals surface area contributed by atoms with E-state index in [-0.39, 0.29) is 6.61 Å². The lowest BCUT2D eigenvalue weighted by Gasteiger charge is -2.25. The van der Waals surface area contributed by atoms with Gasteiger partial charge in [-0.15, -0.1) is 11.8 Å². The molecule has 13 heavy (non-hydrogen) atoms. The number of rotatable bonds is 6. The molecule has 0 aromatic rings. The number of carboxylic acids is 1. The summed E-state index contributed by atoms with van der Waals surface area (Å²) >= 11 is 1.31. The highest BCUT2D eigenvalue weighted by Crippen LogP contribution is 2.31. The van der Waals surface area contributed by atoms with E-state index in [0.29, 0.717) is 18.1 Å². The molecule has 0 bridgehead atoms. The highest BCUT2D eigenvalue weighted by molar-refractivity contribution is 8.01. The summed E-state index contributed by atoms with van der Waals surface area (Å²) in [6.45, 7) is 5.75. The van der Waals surface area contributed by atoms with Crippen molar-refractivity contribution in [2.75, 3.05) is 12.4 Å². The molecule has 0 aromatic heterocycles. The highest BCUT2D eigenvalue weighted by atomic mass is 32.2. The van der Waals surface area contributed by atoms with E-state index in [4.69, 9.17) is 10.2 Å². The van der Waals surface area contributed by atoms with Crippen LogP contribution >= 0.6 is 11.8 Å². The normalized spacial score (nSPS) is 15.8. The maximum atomic E-state index is 11.0. The van der Waals surface area contributed by atoms with Crippen LogP contribution in [0.2, 0.25) is 0 Å². The monoisotopic (exact) mass is 206 g/mol. The van der Waals surface area contributed by atoms with Crippen LogP contribution in [0.5, 0.6) is 0 Å². The summed E-state index contributed by atoms with van der Waals surface area (Å²) in [6, 6.07) is 0. The van der Waals surface area contributed by atoms with Gasteiger partial charge in [-0.05, 0) is 19.3 Å². The van der Waals surface area contributed by atoms with E-state index in [2.05, 4.69) is 0 Å². The molecule has 0 radical (unpaired) electrons. The zero-order valence-electron chi connectivity index (χ0n) is 8.41. The molecule has 0 heterocycles. The van der Waals surface area contributed by atoms with Gasteiger partial charge in [0.2, 0.25) is 0 Å². The van der Waals surface area contributed by atoms with Crippen LogP contribution in [-0.4, -0.2) is 33.3 Å². The molecular weight excluding hydrogens is 188 g/mol. The second kappa shape index (κ2) is 5.50. The lowest BCUT2D eigenvalue weighted by atomic mass is 9.98. The Hall–Kier alpha value is -0.220. The van der Waals surface area contributed by atoms with Crippen LogP contribution in [0.25, 0.3) is 0 Å². The van der Waals surface area contributed by atoms with E-state index in [1.54, 1.807) is 6.92 Å². The quantitative estimate of drug-likeness (QED) is 0.693. The molecule has 78 valence electrons. The first-order valence-corrected chi connectivity index (χ1v) is 5.39. The topological polar surface area (TPSA) is 57.5 Å². The van der Waals surface area contributed by atoms with Crippen molar-refractivity contribution in [3.63, 3.8) is 0 Å². The summed E-state index contributed by atoms with van der Waals surface area (Å²) < 4.78 is -0.753. The molecule has 3 nitrogen and oxygen atoms in total. The average molecular weight is 206 g/mol. The summed E-state index contributed by atoms with van der Waals surface area (Å²) in [5.41, 5.74) is 0. The third-order valence-corrected chi connectivity index (χ3v) is 3.13. The number of hydrogen-bond donors (Lipinski definition) is 2. The van der Waals surface area contributed by atoms with Gasteiger partial charge >= 0.3 is 5.97 Å². The van der Waals surface area contributed by atoms with Crippen molar-refractivity contribution < 1.29 is 15.0 Å². The SMILES string of the molecule is CC(C)CC(C)(SCCO)C(=O)O. The highest BCUT2D eigenvalue weighted by Gasteiger charge is 2.33. The minimum Gasteiger partial charge on any atom is -0.480 e. The van der Waals surface area contributed by atoms with Gasteiger partial charge in [0.1, 0.15) is 4.75 Å². The lowest BCUT2D eigenvalue weighted by molar-refractivity contribution is -0.139. The van der Waals surface area contributed by atoms with Gasteiger partial charge in [0.15, 0.2) is 0 Å². The fourth-order valence-electron chi connectivity index (χ4n) is 1.26. The first-order chi connectivity index (χ1) is 5.92. The van der Waals surface area contributed by atoms with Crippen molar-refractivity contribution >= 4 is 17.7 Å². The van der Waals surface area contributed by atoms with Crippen molar-refractivity contribution in [2.24, 2.45) is 5.92 Å². The number of thioether (sulfide) groups is 1. The van der Waals surface area contributed by atoms with Crippen LogP contribution in [0, 0.1) is 5.92 Å². The standard InChI is InChI=1S/C9H18O3S/c1-7(2)6-9(3,8(11)12)13-5-4-10/h7,10H,4-6H2,1-3H3,(H,11,12). The molecule has 0 aliphatic carbocycles. The van der Waals surface area contributed by atoms with Crippen LogP contribution in [0.3, 0.4) is 0 Å². The molecule has 0 aromatic carbocycles. The van der Waals surface area contributed by atoms with E-state index >= 15 is 0 Å². The van der Waals surface area contributed by atoms with Crippen LogP contribution in [0.4, 0.5) is 0 Å². The maximum absolute atomic E-state index is 11.0. The van der Waals surface area contributed by atoms with Gasteiger partial charge in [-0.2, -0.15) is 0 Å². The number of hydrogen-bond acceptors (Lipinski definition) is 3. The van der Waals surface area contributed by atoms with Crippen molar-refractivity contribution in [1.29, 1.82) is 0 Å². The predicted octanol–water partition coefficient (Wildman–Crippen LogP) is 1.60. The summed E-state index contributed by atoms with van der Waals surface area (Å²) in [6.07, 6.45) is 0.632. The van der Waals surface area contributed by atoms with Gasteiger partial charge in [0.25, 0.3) is 0 Å². The molecule has 0 spiro atoms. The van der Waals surface area contributed by atoms with E-state index < -0.39 is 10.7 Å². The van der Waals surface area contributed by atoms with Crippen molar-refractivity contribution in [3.8, 4) is 0 Å². The second-order valence-electron chi connectivity index (χ2n) is 3.71. The lowest BCUT2D eigenvalue weighted by Crippen LogP contribution is -2.33. The molecule has 4 heteroatoms. The minimum absolute atomic E-state index is 0.0334. The summed E-state index contributed by atoms with van der Waals surface area (Å²) in [7, 11) is 0. The van der Waals surface area contributed by atoms with Crippen LogP contribution in [0.1, 0.15) is 27.2 Å². The maximum Gasteiger partial charge on any atom is 0.319 e. The van der Waals surface area contributed by atoms with Crippen molar-refractivity contribution in [3.05, 3.63) is 0 Å². The van der Waals surface area contributed by atoms with E-state index in [1.807, 2.05) is 13.8 Å². The first kappa shape index (κ1) is 12.8.